The molecule has 0 saturated carbocycles. The number of unbranched alkanes of at least 4 members (excludes halogenated alkanes) is 13. The summed E-state index contributed by atoms with van der Waals surface area (Å²) < 4.78 is 0. The van der Waals surface area contributed by atoms with Crippen molar-refractivity contribution in [2.24, 2.45) is 0 Å². The summed E-state index contributed by atoms with van der Waals surface area (Å²) in [7, 11) is 0. The minimum atomic E-state index is -1.23. The number of aliphatic carboxylic acids is 2. The van der Waals surface area contributed by atoms with E-state index in [0.717, 1.165) is 25.3 Å². The maximum Gasteiger partial charge on any atom is 0.335 e. The molecular weight excluding hydrogens is 316 g/mol. The highest BCUT2D eigenvalue weighted by atomic mass is 16.4. The molecule has 0 rings (SSSR count). The molecule has 0 aliphatic carbocycles. The van der Waals surface area contributed by atoms with E-state index >= 15 is 0 Å². The lowest BCUT2D eigenvalue weighted by molar-refractivity contribution is -0.134. The van der Waals surface area contributed by atoms with Crippen LogP contribution in [-0.2, 0) is 9.59 Å². The predicted molar refractivity (Wildman–Crippen MR) is 103 cm³/mol. The lowest BCUT2D eigenvalue weighted by atomic mass is 10.0. The van der Waals surface area contributed by atoms with Gasteiger partial charge in [-0.3, -0.25) is 0 Å². The lowest BCUT2D eigenvalue weighted by Gasteiger charge is -2.02. The van der Waals surface area contributed by atoms with E-state index in [1.165, 1.54) is 76.7 Å². The van der Waals surface area contributed by atoms with Crippen LogP contribution in [-0.4, -0.2) is 22.2 Å². The number of carboxylic acids is 2. The van der Waals surface area contributed by atoms with Crippen LogP contribution in [0.3, 0.4) is 0 Å². The second-order valence-corrected chi connectivity index (χ2v) is 6.68. The van der Waals surface area contributed by atoms with Crippen LogP contribution in [0.4, 0.5) is 0 Å². The molecule has 144 valence electrons. The van der Waals surface area contributed by atoms with Crippen molar-refractivity contribution >= 4 is 11.9 Å². The van der Waals surface area contributed by atoms with Gasteiger partial charge < -0.3 is 10.2 Å². The van der Waals surface area contributed by atoms with Crippen LogP contribution in [0.2, 0.25) is 0 Å². The van der Waals surface area contributed by atoms with E-state index in [1.807, 2.05) is 0 Å². The normalized spacial score (nSPS) is 12.0. The zero-order valence-electron chi connectivity index (χ0n) is 15.8. The monoisotopic (exact) mass is 352 g/mol. The van der Waals surface area contributed by atoms with Gasteiger partial charge in [0, 0.05) is 6.08 Å². The molecule has 0 aliphatic rings. The van der Waals surface area contributed by atoms with E-state index in [-0.39, 0.29) is 5.57 Å². The van der Waals surface area contributed by atoms with Crippen molar-refractivity contribution in [3.63, 3.8) is 0 Å². The maximum atomic E-state index is 10.8. The van der Waals surface area contributed by atoms with Gasteiger partial charge in [0.05, 0.1) is 5.57 Å². The quantitative estimate of drug-likeness (QED) is 0.188. The summed E-state index contributed by atoms with van der Waals surface area (Å²) in [5.41, 5.74) is -0.179. The first-order valence-corrected chi connectivity index (χ1v) is 9.92. The van der Waals surface area contributed by atoms with Crippen LogP contribution in [0.1, 0.15) is 96.8 Å². The SMILES string of the molecule is CCCCCCCCCCCCCCC/C=C/C(=C/C(=O)O)C(=O)O. The highest BCUT2D eigenvalue weighted by molar-refractivity contribution is 5.96. The van der Waals surface area contributed by atoms with Gasteiger partial charge in [0.25, 0.3) is 0 Å². The Balaban J connectivity index is 3.45. The molecule has 0 atom stereocenters. The van der Waals surface area contributed by atoms with Gasteiger partial charge >= 0.3 is 11.9 Å². The lowest BCUT2D eigenvalue weighted by Crippen LogP contribution is -2.01. The smallest absolute Gasteiger partial charge is 0.335 e. The molecule has 0 fully saturated rings. The van der Waals surface area contributed by atoms with Crippen LogP contribution in [0.5, 0.6) is 0 Å². The van der Waals surface area contributed by atoms with E-state index in [9.17, 15) is 9.59 Å². The summed E-state index contributed by atoms with van der Waals surface area (Å²) in [4.78, 5) is 21.3. The molecule has 0 aliphatic heterocycles. The van der Waals surface area contributed by atoms with Crippen molar-refractivity contribution in [1.29, 1.82) is 0 Å². The number of carbonyl (C=O) groups is 2. The third-order valence-electron chi connectivity index (χ3n) is 4.30. The van der Waals surface area contributed by atoms with Gasteiger partial charge in [-0.2, -0.15) is 0 Å². The Kier molecular flexibility index (Phi) is 16.2. The summed E-state index contributed by atoms with van der Waals surface area (Å²) in [6.45, 7) is 2.25. The van der Waals surface area contributed by atoms with E-state index in [4.69, 9.17) is 10.2 Å². The third kappa shape index (κ3) is 17.0. The van der Waals surface area contributed by atoms with Gasteiger partial charge in [-0.15, -0.1) is 0 Å². The largest absolute Gasteiger partial charge is 0.478 e. The number of rotatable bonds is 17. The fourth-order valence-electron chi connectivity index (χ4n) is 2.80. The van der Waals surface area contributed by atoms with Gasteiger partial charge in [0.2, 0.25) is 0 Å². The highest BCUT2D eigenvalue weighted by Gasteiger charge is 2.04. The molecule has 0 radical (unpaired) electrons. The Morgan fingerprint density at radius 2 is 1.16 bits per heavy atom. The molecule has 0 saturated heterocycles. The van der Waals surface area contributed by atoms with Crippen LogP contribution in [0, 0.1) is 0 Å². The second-order valence-electron chi connectivity index (χ2n) is 6.68. The number of hydrogen-bond donors (Lipinski definition) is 2. The minimum Gasteiger partial charge on any atom is -0.478 e. The molecule has 2 N–H and O–H groups in total. The number of allylic oxidation sites excluding steroid dienone is 1. The minimum absolute atomic E-state index is 0.179. The molecular formula is C21H36O4. The summed E-state index contributed by atoms with van der Waals surface area (Å²) in [5.74, 6) is -2.44. The standard InChI is InChI=1S/C21H36O4/c1-2-3-4-5-6-7-8-9-10-11-12-13-14-15-16-17-19(21(24)25)18-20(22)23/h16-18H,2-15H2,1H3,(H,22,23)(H,24,25)/b17-16+,19-18-. The number of carboxylic acid groups (broad SMARTS) is 2. The molecule has 4 heteroatoms. The average molecular weight is 353 g/mol. The third-order valence-corrected chi connectivity index (χ3v) is 4.30. The van der Waals surface area contributed by atoms with Crippen molar-refractivity contribution in [3.8, 4) is 0 Å². The predicted octanol–water partition coefficient (Wildman–Crippen LogP) is 6.12. The van der Waals surface area contributed by atoms with Crippen LogP contribution in [0.15, 0.2) is 23.8 Å². The van der Waals surface area contributed by atoms with E-state index in [1.54, 1.807) is 6.08 Å². The summed E-state index contributed by atoms with van der Waals surface area (Å²) in [6.07, 6.45) is 21.6. The first-order valence-electron chi connectivity index (χ1n) is 9.92. The zero-order chi connectivity index (χ0) is 18.8. The molecule has 0 heterocycles. The van der Waals surface area contributed by atoms with Crippen LogP contribution < -0.4 is 0 Å². The van der Waals surface area contributed by atoms with E-state index in [2.05, 4.69) is 6.92 Å². The maximum absolute atomic E-state index is 10.8. The molecule has 25 heavy (non-hydrogen) atoms. The molecule has 0 spiro atoms. The molecule has 0 aromatic rings. The second kappa shape index (κ2) is 17.2. The Hall–Kier alpha value is -1.58. The summed E-state index contributed by atoms with van der Waals surface area (Å²) >= 11 is 0. The van der Waals surface area contributed by atoms with Gasteiger partial charge in [0.1, 0.15) is 0 Å². The molecule has 0 aromatic carbocycles. The van der Waals surface area contributed by atoms with E-state index in [0.29, 0.717) is 0 Å². The number of hydrogen-bond acceptors (Lipinski definition) is 2. The van der Waals surface area contributed by atoms with Crippen LogP contribution >= 0.6 is 0 Å². The molecule has 4 nitrogen and oxygen atoms in total. The summed E-state index contributed by atoms with van der Waals surface area (Å²) in [6, 6.07) is 0. The van der Waals surface area contributed by atoms with E-state index < -0.39 is 11.9 Å². The fourth-order valence-corrected chi connectivity index (χ4v) is 2.80. The topological polar surface area (TPSA) is 74.6 Å². The van der Waals surface area contributed by atoms with Crippen molar-refractivity contribution in [2.45, 2.75) is 96.8 Å². The Morgan fingerprint density at radius 1 is 0.720 bits per heavy atom. The van der Waals surface area contributed by atoms with Gasteiger partial charge in [-0.1, -0.05) is 96.1 Å². The van der Waals surface area contributed by atoms with Crippen molar-refractivity contribution in [2.75, 3.05) is 0 Å². The molecule has 0 aromatic heterocycles. The molecule has 0 unspecified atom stereocenters. The van der Waals surface area contributed by atoms with Crippen LogP contribution in [0.25, 0.3) is 0 Å². The molecule has 0 bridgehead atoms. The highest BCUT2D eigenvalue weighted by Crippen LogP contribution is 2.13. The Bertz CT molecular complexity index is 410. The van der Waals surface area contributed by atoms with Gasteiger partial charge in [-0.25, -0.2) is 9.59 Å². The summed E-state index contributed by atoms with van der Waals surface area (Å²) in [5, 5.41) is 17.4. The first-order chi connectivity index (χ1) is 12.1. The van der Waals surface area contributed by atoms with Crippen molar-refractivity contribution < 1.29 is 19.8 Å². The molecule has 0 amide bonds. The fraction of sp³-hybridized carbons (Fsp3) is 0.714. The Morgan fingerprint density at radius 3 is 1.56 bits per heavy atom. The zero-order valence-corrected chi connectivity index (χ0v) is 15.8. The average Bonchev–Trinajstić information content (AvgIpc) is 2.56. The van der Waals surface area contributed by atoms with Crippen molar-refractivity contribution in [3.05, 3.63) is 23.8 Å². The van der Waals surface area contributed by atoms with Gasteiger partial charge in [0.15, 0.2) is 0 Å². The van der Waals surface area contributed by atoms with Gasteiger partial charge in [-0.05, 0) is 12.8 Å². The Labute approximate surface area is 153 Å². The first kappa shape index (κ1) is 23.4. The van der Waals surface area contributed by atoms with Crippen molar-refractivity contribution in [1.82, 2.24) is 0 Å².